The molecule has 0 aliphatic carbocycles. The van der Waals surface area contributed by atoms with Crippen LogP contribution < -0.4 is 14.5 Å². The van der Waals surface area contributed by atoms with Gasteiger partial charge in [0.2, 0.25) is 11.8 Å². The van der Waals surface area contributed by atoms with Crippen molar-refractivity contribution in [3.05, 3.63) is 53.0 Å². The standard InChI is InChI=1S/C19H17BrN2O3/c20-14-5-1-2-6-15(14)22-12-13(11-18(22)23)19(24)21-9-10-25-17-8-4-3-7-16(17)21/h1-8,13H,9-12H2. The van der Waals surface area contributed by atoms with Gasteiger partial charge in [0.15, 0.2) is 0 Å². The molecule has 2 aromatic carbocycles. The number of hydrogen-bond acceptors (Lipinski definition) is 3. The first-order valence-corrected chi connectivity index (χ1v) is 9.02. The topological polar surface area (TPSA) is 49.9 Å². The van der Waals surface area contributed by atoms with Gasteiger partial charge >= 0.3 is 0 Å². The monoisotopic (exact) mass is 400 g/mol. The van der Waals surface area contributed by atoms with Crippen molar-refractivity contribution in [1.29, 1.82) is 0 Å². The van der Waals surface area contributed by atoms with Gasteiger partial charge in [-0.05, 0) is 40.2 Å². The van der Waals surface area contributed by atoms with Crippen LogP contribution >= 0.6 is 15.9 Å². The summed E-state index contributed by atoms with van der Waals surface area (Å²) >= 11 is 3.48. The molecular formula is C19H17BrN2O3. The Labute approximate surface area is 154 Å². The fraction of sp³-hybridized carbons (Fsp3) is 0.263. The van der Waals surface area contributed by atoms with E-state index in [1.165, 1.54) is 0 Å². The SMILES string of the molecule is O=C1CC(C(=O)N2CCOc3ccccc32)CN1c1ccccc1Br. The highest BCUT2D eigenvalue weighted by Gasteiger charge is 2.39. The van der Waals surface area contributed by atoms with Gasteiger partial charge in [0, 0.05) is 17.4 Å². The number of para-hydroxylation sites is 3. The fourth-order valence-electron chi connectivity index (χ4n) is 3.40. The quantitative estimate of drug-likeness (QED) is 0.777. The van der Waals surface area contributed by atoms with Gasteiger partial charge in [-0.15, -0.1) is 0 Å². The maximum atomic E-state index is 13.1. The number of fused-ring (bicyclic) bond motifs is 1. The Balaban J connectivity index is 1.57. The maximum Gasteiger partial charge on any atom is 0.232 e. The molecule has 0 saturated carbocycles. The lowest BCUT2D eigenvalue weighted by Crippen LogP contribution is -2.42. The number of ether oxygens (including phenoxy) is 1. The Hall–Kier alpha value is -2.34. The molecule has 0 aromatic heterocycles. The largest absolute Gasteiger partial charge is 0.490 e. The van der Waals surface area contributed by atoms with Crippen LogP contribution in [0.5, 0.6) is 5.75 Å². The van der Waals surface area contributed by atoms with E-state index in [0.717, 1.165) is 15.8 Å². The second kappa shape index (κ2) is 6.52. The number of halogens is 1. The van der Waals surface area contributed by atoms with Crippen LogP contribution in [0.2, 0.25) is 0 Å². The molecule has 1 fully saturated rings. The number of benzene rings is 2. The van der Waals surface area contributed by atoms with Gasteiger partial charge in [0.25, 0.3) is 0 Å². The number of carbonyl (C=O) groups is 2. The zero-order valence-electron chi connectivity index (χ0n) is 13.5. The van der Waals surface area contributed by atoms with Gasteiger partial charge in [0.1, 0.15) is 12.4 Å². The summed E-state index contributed by atoms with van der Waals surface area (Å²) in [6.07, 6.45) is 0.236. The van der Waals surface area contributed by atoms with Crippen LogP contribution in [0.25, 0.3) is 0 Å². The Bertz CT molecular complexity index is 839. The van der Waals surface area contributed by atoms with E-state index in [9.17, 15) is 9.59 Å². The van der Waals surface area contributed by atoms with Crippen molar-refractivity contribution in [2.75, 3.05) is 29.5 Å². The zero-order valence-corrected chi connectivity index (χ0v) is 15.1. The molecule has 5 nitrogen and oxygen atoms in total. The molecule has 1 saturated heterocycles. The van der Waals surface area contributed by atoms with Gasteiger partial charge in [0.05, 0.1) is 23.8 Å². The average molecular weight is 401 g/mol. The van der Waals surface area contributed by atoms with Gasteiger partial charge in [-0.1, -0.05) is 24.3 Å². The minimum atomic E-state index is -0.342. The third kappa shape index (κ3) is 2.91. The normalized spacial score (nSPS) is 19.6. The van der Waals surface area contributed by atoms with E-state index in [-0.39, 0.29) is 24.2 Å². The second-order valence-corrected chi connectivity index (χ2v) is 7.02. The molecule has 0 bridgehead atoms. The Morgan fingerprint density at radius 2 is 1.80 bits per heavy atom. The van der Waals surface area contributed by atoms with E-state index >= 15 is 0 Å². The lowest BCUT2D eigenvalue weighted by molar-refractivity contribution is -0.124. The first kappa shape index (κ1) is 16.1. The summed E-state index contributed by atoms with van der Waals surface area (Å²) in [6, 6.07) is 15.1. The number of nitrogens with zero attached hydrogens (tertiary/aromatic N) is 2. The molecule has 1 unspecified atom stereocenters. The minimum absolute atomic E-state index is 0.0151. The third-order valence-electron chi connectivity index (χ3n) is 4.61. The van der Waals surface area contributed by atoms with Crippen molar-refractivity contribution in [3.63, 3.8) is 0 Å². The lowest BCUT2D eigenvalue weighted by atomic mass is 10.1. The summed E-state index contributed by atoms with van der Waals surface area (Å²) in [4.78, 5) is 29.0. The van der Waals surface area contributed by atoms with Crippen LogP contribution in [-0.4, -0.2) is 31.5 Å². The van der Waals surface area contributed by atoms with Crippen molar-refractivity contribution in [2.45, 2.75) is 6.42 Å². The maximum absolute atomic E-state index is 13.1. The molecule has 2 aliphatic heterocycles. The van der Waals surface area contributed by atoms with Crippen molar-refractivity contribution >= 4 is 39.1 Å². The molecule has 2 heterocycles. The van der Waals surface area contributed by atoms with Crippen LogP contribution in [0.3, 0.4) is 0 Å². The summed E-state index contributed by atoms with van der Waals surface area (Å²) in [6.45, 7) is 1.38. The Morgan fingerprint density at radius 3 is 2.60 bits per heavy atom. The van der Waals surface area contributed by atoms with E-state index < -0.39 is 0 Å². The summed E-state index contributed by atoms with van der Waals surface area (Å²) in [5.41, 5.74) is 1.59. The van der Waals surface area contributed by atoms with E-state index in [1.807, 2.05) is 48.5 Å². The molecule has 128 valence electrons. The van der Waals surface area contributed by atoms with Crippen molar-refractivity contribution < 1.29 is 14.3 Å². The third-order valence-corrected chi connectivity index (χ3v) is 5.28. The van der Waals surface area contributed by atoms with Crippen LogP contribution in [0, 0.1) is 5.92 Å². The van der Waals surface area contributed by atoms with Crippen LogP contribution in [0.1, 0.15) is 6.42 Å². The van der Waals surface area contributed by atoms with Crippen molar-refractivity contribution in [3.8, 4) is 5.75 Å². The predicted octanol–water partition coefficient (Wildman–Crippen LogP) is 3.23. The van der Waals surface area contributed by atoms with Gasteiger partial charge in [-0.25, -0.2) is 0 Å². The molecule has 1 atom stereocenters. The lowest BCUT2D eigenvalue weighted by Gasteiger charge is -2.31. The van der Waals surface area contributed by atoms with E-state index in [0.29, 0.717) is 25.4 Å². The molecule has 0 radical (unpaired) electrons. The molecule has 2 aliphatic rings. The number of carbonyl (C=O) groups excluding carboxylic acids is 2. The van der Waals surface area contributed by atoms with Crippen molar-refractivity contribution in [2.24, 2.45) is 5.92 Å². The van der Waals surface area contributed by atoms with Crippen LogP contribution in [0.15, 0.2) is 53.0 Å². The van der Waals surface area contributed by atoms with Gasteiger partial charge in [-0.2, -0.15) is 0 Å². The van der Waals surface area contributed by atoms with Crippen molar-refractivity contribution in [1.82, 2.24) is 0 Å². The first-order chi connectivity index (χ1) is 12.1. The summed E-state index contributed by atoms with van der Waals surface area (Å²) < 4.78 is 6.47. The molecule has 0 N–H and O–H groups in total. The molecule has 6 heteroatoms. The van der Waals surface area contributed by atoms with E-state index in [4.69, 9.17) is 4.74 Å². The fourth-order valence-corrected chi connectivity index (χ4v) is 3.89. The summed E-state index contributed by atoms with van der Waals surface area (Å²) in [5.74, 6) is 0.338. The predicted molar refractivity (Wildman–Crippen MR) is 98.9 cm³/mol. The highest BCUT2D eigenvalue weighted by molar-refractivity contribution is 9.10. The second-order valence-electron chi connectivity index (χ2n) is 6.16. The highest BCUT2D eigenvalue weighted by atomic mass is 79.9. The smallest absolute Gasteiger partial charge is 0.232 e. The summed E-state index contributed by atoms with van der Waals surface area (Å²) in [5, 5.41) is 0. The van der Waals surface area contributed by atoms with Gasteiger partial charge in [-0.3, -0.25) is 9.59 Å². The van der Waals surface area contributed by atoms with Crippen LogP contribution in [0.4, 0.5) is 11.4 Å². The number of hydrogen-bond donors (Lipinski definition) is 0. The Kier molecular flexibility index (Phi) is 4.21. The molecule has 2 aromatic rings. The molecule has 0 spiro atoms. The molecule has 2 amide bonds. The molecule has 25 heavy (non-hydrogen) atoms. The van der Waals surface area contributed by atoms with E-state index in [2.05, 4.69) is 15.9 Å². The number of amides is 2. The zero-order chi connectivity index (χ0) is 17.4. The number of rotatable bonds is 2. The first-order valence-electron chi connectivity index (χ1n) is 8.23. The number of anilines is 2. The Morgan fingerprint density at radius 1 is 1.08 bits per heavy atom. The minimum Gasteiger partial charge on any atom is -0.490 e. The highest BCUT2D eigenvalue weighted by Crippen LogP contribution is 2.35. The average Bonchev–Trinajstić information content (AvgIpc) is 3.02. The molecule has 4 rings (SSSR count). The summed E-state index contributed by atoms with van der Waals surface area (Å²) in [7, 11) is 0. The molecular weight excluding hydrogens is 384 g/mol. The van der Waals surface area contributed by atoms with Gasteiger partial charge < -0.3 is 14.5 Å². The van der Waals surface area contributed by atoms with Crippen LogP contribution in [-0.2, 0) is 9.59 Å². The van der Waals surface area contributed by atoms with E-state index in [1.54, 1.807) is 9.80 Å².